The van der Waals surface area contributed by atoms with Crippen LogP contribution in [0.15, 0.2) is 0 Å². The van der Waals surface area contributed by atoms with E-state index < -0.39 is 13.8 Å². The van der Waals surface area contributed by atoms with E-state index in [9.17, 15) is 7.10 Å². The topological polar surface area (TPSA) is 0 Å². The van der Waals surface area contributed by atoms with Crippen LogP contribution >= 0.6 is 0 Å². The molecule has 0 aromatic heterocycles. The Labute approximate surface area is 46.1 Å². The van der Waals surface area contributed by atoms with Crippen molar-refractivity contribution >= 4 is 13.8 Å². The predicted molar refractivity (Wildman–Crippen MR) is 28.9 cm³/mol. The SMILES string of the molecule is CC[Se](F)(F)CC. The molecule has 0 saturated heterocycles. The van der Waals surface area contributed by atoms with Crippen molar-refractivity contribution in [3.63, 3.8) is 0 Å². The Kier molecular flexibility index (Phi) is 2.77. The van der Waals surface area contributed by atoms with Crippen LogP contribution < -0.4 is 0 Å². The van der Waals surface area contributed by atoms with Gasteiger partial charge in [-0.05, 0) is 0 Å². The molecule has 0 spiro atoms. The van der Waals surface area contributed by atoms with Crippen LogP contribution in [0.3, 0.4) is 0 Å². The third kappa shape index (κ3) is 3.01. The van der Waals surface area contributed by atoms with Gasteiger partial charge in [-0.1, -0.05) is 0 Å². The van der Waals surface area contributed by atoms with Gasteiger partial charge in [-0.25, -0.2) is 0 Å². The average Bonchev–Trinajstić information content (AvgIpc) is 1.68. The van der Waals surface area contributed by atoms with Crippen molar-refractivity contribution in [2.24, 2.45) is 0 Å². The van der Waals surface area contributed by atoms with Crippen LogP contribution in [0.4, 0.5) is 7.10 Å². The zero-order valence-corrected chi connectivity index (χ0v) is 6.29. The van der Waals surface area contributed by atoms with E-state index in [4.69, 9.17) is 0 Å². The summed E-state index contributed by atoms with van der Waals surface area (Å²) in [4.78, 5) is 0. The normalized spacial score (nSPS) is 14.3. The van der Waals surface area contributed by atoms with Gasteiger partial charge >= 0.3 is 45.3 Å². The second-order valence-electron chi connectivity index (χ2n) is 1.28. The summed E-state index contributed by atoms with van der Waals surface area (Å²) >= 11 is -3.81. The van der Waals surface area contributed by atoms with Gasteiger partial charge in [0.2, 0.25) is 0 Å². The van der Waals surface area contributed by atoms with E-state index in [1.807, 2.05) is 0 Å². The molecule has 0 saturated carbocycles. The van der Waals surface area contributed by atoms with Crippen molar-refractivity contribution in [3.05, 3.63) is 0 Å². The molecule has 46 valence electrons. The predicted octanol–water partition coefficient (Wildman–Crippen LogP) is 2.41. The summed E-state index contributed by atoms with van der Waals surface area (Å²) < 4.78 is 24.1. The molecular formula is C4H10F2Se. The molecule has 0 heterocycles. The molecular weight excluding hydrogens is 165 g/mol. The van der Waals surface area contributed by atoms with Gasteiger partial charge in [0.05, 0.1) is 0 Å². The summed E-state index contributed by atoms with van der Waals surface area (Å²) in [5.41, 5.74) is 0. The summed E-state index contributed by atoms with van der Waals surface area (Å²) in [5, 5.41) is 0.236. The molecule has 0 unspecified atom stereocenters. The van der Waals surface area contributed by atoms with Crippen LogP contribution in [-0.2, 0) is 0 Å². The van der Waals surface area contributed by atoms with Gasteiger partial charge in [0.1, 0.15) is 0 Å². The summed E-state index contributed by atoms with van der Waals surface area (Å²) in [7, 11) is 0. The van der Waals surface area contributed by atoms with Crippen molar-refractivity contribution in [1.82, 2.24) is 0 Å². The van der Waals surface area contributed by atoms with Gasteiger partial charge in [-0.15, -0.1) is 0 Å². The Hall–Kier alpha value is 0.379. The van der Waals surface area contributed by atoms with Crippen molar-refractivity contribution in [2.45, 2.75) is 24.5 Å². The molecule has 0 aliphatic heterocycles. The number of halogens is 2. The first kappa shape index (κ1) is 7.38. The number of rotatable bonds is 2. The maximum absolute atomic E-state index is 12.0. The molecule has 0 amide bonds. The van der Waals surface area contributed by atoms with Crippen molar-refractivity contribution in [2.75, 3.05) is 0 Å². The van der Waals surface area contributed by atoms with Gasteiger partial charge in [-0.3, -0.25) is 0 Å². The van der Waals surface area contributed by atoms with Crippen LogP contribution in [0.2, 0.25) is 10.6 Å². The molecule has 0 N–H and O–H groups in total. The van der Waals surface area contributed by atoms with Crippen LogP contribution in [0.5, 0.6) is 0 Å². The molecule has 0 rings (SSSR count). The fraction of sp³-hybridized carbons (Fsp3) is 1.00. The Bertz CT molecular complexity index is 47.7. The second-order valence-corrected chi connectivity index (χ2v) is 6.63. The maximum atomic E-state index is 12.0. The second kappa shape index (κ2) is 2.63. The molecule has 0 fully saturated rings. The van der Waals surface area contributed by atoms with Crippen molar-refractivity contribution in [1.29, 1.82) is 0 Å². The Morgan fingerprint density at radius 3 is 1.43 bits per heavy atom. The van der Waals surface area contributed by atoms with E-state index in [-0.39, 0.29) is 10.6 Å². The average molecular weight is 175 g/mol. The molecule has 0 atom stereocenters. The minimum absolute atomic E-state index is 0.118. The van der Waals surface area contributed by atoms with Crippen LogP contribution in [0.1, 0.15) is 13.8 Å². The Balaban J connectivity index is 3.36. The summed E-state index contributed by atoms with van der Waals surface area (Å²) in [6.45, 7) is 3.12. The standard InChI is InChI=1S/C4H10F2Se/c1-3-7(5,6)4-2/h3-4H2,1-2H3. The number of hydrogen-bond donors (Lipinski definition) is 0. The number of hydrogen-bond acceptors (Lipinski definition) is 0. The summed E-state index contributed by atoms with van der Waals surface area (Å²) in [5.74, 6) is 0. The zero-order valence-electron chi connectivity index (χ0n) is 4.58. The minimum atomic E-state index is -3.81. The summed E-state index contributed by atoms with van der Waals surface area (Å²) in [6, 6.07) is 0. The quantitative estimate of drug-likeness (QED) is 0.565. The fourth-order valence-electron chi connectivity index (χ4n) is 0.204. The van der Waals surface area contributed by atoms with E-state index in [2.05, 4.69) is 0 Å². The van der Waals surface area contributed by atoms with E-state index in [1.54, 1.807) is 13.8 Å². The molecule has 0 radical (unpaired) electrons. The Morgan fingerprint density at radius 1 is 1.14 bits per heavy atom. The van der Waals surface area contributed by atoms with Gasteiger partial charge in [0, 0.05) is 0 Å². The van der Waals surface area contributed by atoms with Gasteiger partial charge < -0.3 is 0 Å². The fourth-order valence-corrected chi connectivity index (χ4v) is 1.06. The van der Waals surface area contributed by atoms with E-state index in [1.165, 1.54) is 0 Å². The molecule has 0 bridgehead atoms. The van der Waals surface area contributed by atoms with E-state index >= 15 is 0 Å². The van der Waals surface area contributed by atoms with Crippen LogP contribution in [0, 0.1) is 0 Å². The van der Waals surface area contributed by atoms with Crippen LogP contribution in [-0.4, -0.2) is 13.8 Å². The molecule has 7 heavy (non-hydrogen) atoms. The third-order valence-electron chi connectivity index (χ3n) is 0.845. The zero-order chi connectivity index (χ0) is 5.91. The third-order valence-corrected chi connectivity index (χ3v) is 4.39. The Morgan fingerprint density at radius 2 is 1.43 bits per heavy atom. The molecule has 0 aromatic rings. The summed E-state index contributed by atoms with van der Waals surface area (Å²) in [6.07, 6.45) is 0. The van der Waals surface area contributed by atoms with Crippen molar-refractivity contribution < 1.29 is 7.10 Å². The molecule has 0 aliphatic rings. The van der Waals surface area contributed by atoms with Crippen LogP contribution in [0.25, 0.3) is 0 Å². The van der Waals surface area contributed by atoms with Gasteiger partial charge in [-0.2, -0.15) is 0 Å². The molecule has 0 nitrogen and oxygen atoms in total. The first-order chi connectivity index (χ1) is 3.12. The van der Waals surface area contributed by atoms with Gasteiger partial charge in [0.15, 0.2) is 0 Å². The van der Waals surface area contributed by atoms with E-state index in [0.717, 1.165) is 0 Å². The van der Waals surface area contributed by atoms with E-state index in [0.29, 0.717) is 0 Å². The first-order valence-corrected chi connectivity index (χ1v) is 6.02. The molecule has 0 aromatic carbocycles. The monoisotopic (exact) mass is 176 g/mol. The van der Waals surface area contributed by atoms with Crippen molar-refractivity contribution in [3.8, 4) is 0 Å². The molecule has 0 aliphatic carbocycles. The molecule has 3 heteroatoms. The van der Waals surface area contributed by atoms with Gasteiger partial charge in [0.25, 0.3) is 0 Å². The first-order valence-electron chi connectivity index (χ1n) is 2.30.